The highest BCUT2D eigenvalue weighted by Gasteiger charge is 2.44. The van der Waals surface area contributed by atoms with Gasteiger partial charge < -0.3 is 9.30 Å². The highest BCUT2D eigenvalue weighted by Crippen LogP contribution is 2.57. The number of benzene rings is 2. The van der Waals surface area contributed by atoms with E-state index in [0.717, 1.165) is 24.2 Å². The summed E-state index contributed by atoms with van der Waals surface area (Å²) < 4.78 is 35.2. The molecule has 1 N–H and O–H groups in total. The summed E-state index contributed by atoms with van der Waals surface area (Å²) in [7, 11) is -1.96. The summed E-state index contributed by atoms with van der Waals surface area (Å²) in [5.41, 5.74) is 6.79. The molecule has 3 aliphatic rings. The number of amides is 1. The topological polar surface area (TPSA) is 77.4 Å². The highest BCUT2D eigenvalue weighted by atomic mass is 32.2. The Balaban J connectivity index is 1.51. The fraction of sp³-hybridized carbons (Fsp3) is 0.500. The van der Waals surface area contributed by atoms with Crippen molar-refractivity contribution in [2.45, 2.75) is 70.8 Å². The summed E-state index contributed by atoms with van der Waals surface area (Å²) in [6.07, 6.45) is 7.29. The molecule has 0 saturated heterocycles. The molecule has 2 unspecified atom stereocenters. The van der Waals surface area contributed by atoms with Crippen molar-refractivity contribution in [1.82, 2.24) is 9.29 Å². The lowest BCUT2D eigenvalue weighted by Crippen LogP contribution is -2.33. The molecular weight excluding hydrogens is 484 g/mol. The van der Waals surface area contributed by atoms with Crippen LogP contribution in [0.1, 0.15) is 85.7 Å². The SMILES string of the molecule is COc1ccc2c(c1)C1CC1Cn1c-2c(C2CCCCC2)c2ccc(C(=O)NS(=O)(=O)CC(C)C)cc21. The minimum absolute atomic E-state index is 0.0580. The first-order valence-electron chi connectivity index (χ1n) is 13.6. The van der Waals surface area contributed by atoms with Crippen LogP contribution in [0.3, 0.4) is 0 Å². The minimum atomic E-state index is -3.68. The highest BCUT2D eigenvalue weighted by molar-refractivity contribution is 7.90. The molecule has 1 aliphatic heterocycles. The monoisotopic (exact) mass is 520 g/mol. The van der Waals surface area contributed by atoms with Crippen molar-refractivity contribution in [3.05, 3.63) is 53.1 Å². The fourth-order valence-electron chi connectivity index (χ4n) is 6.74. The number of nitrogens with one attached hydrogen (secondary N) is 1. The van der Waals surface area contributed by atoms with Crippen LogP contribution in [0.5, 0.6) is 5.75 Å². The molecule has 3 aromatic rings. The van der Waals surface area contributed by atoms with Crippen LogP contribution in [0.15, 0.2) is 36.4 Å². The molecule has 196 valence electrons. The molecule has 0 radical (unpaired) electrons. The van der Waals surface area contributed by atoms with E-state index in [4.69, 9.17) is 4.74 Å². The fourth-order valence-corrected chi connectivity index (χ4v) is 8.10. The second kappa shape index (κ2) is 9.19. The van der Waals surface area contributed by atoms with Crippen molar-refractivity contribution >= 4 is 26.8 Å². The normalized spacial score (nSPS) is 21.2. The number of methoxy groups -OCH3 is 1. The van der Waals surface area contributed by atoms with Gasteiger partial charge in [-0.1, -0.05) is 39.2 Å². The average molecular weight is 521 g/mol. The number of ether oxygens (including phenoxy) is 1. The van der Waals surface area contributed by atoms with Gasteiger partial charge in [-0.15, -0.1) is 0 Å². The van der Waals surface area contributed by atoms with Gasteiger partial charge in [-0.3, -0.25) is 4.79 Å². The largest absolute Gasteiger partial charge is 0.497 e. The van der Waals surface area contributed by atoms with Crippen LogP contribution in [-0.4, -0.2) is 31.8 Å². The lowest BCUT2D eigenvalue weighted by molar-refractivity contribution is 0.0981. The van der Waals surface area contributed by atoms with Gasteiger partial charge in [0, 0.05) is 28.6 Å². The van der Waals surface area contributed by atoms with Crippen LogP contribution in [0.2, 0.25) is 0 Å². The van der Waals surface area contributed by atoms with E-state index in [2.05, 4.69) is 33.6 Å². The molecule has 2 fully saturated rings. The third kappa shape index (κ3) is 4.45. The molecule has 0 bridgehead atoms. The zero-order valence-corrected chi connectivity index (χ0v) is 22.7. The average Bonchev–Trinajstić information content (AvgIpc) is 3.58. The Bertz CT molecular complexity index is 1480. The van der Waals surface area contributed by atoms with Gasteiger partial charge in [0.25, 0.3) is 5.91 Å². The molecule has 7 heteroatoms. The van der Waals surface area contributed by atoms with Crippen molar-refractivity contribution in [3.8, 4) is 17.0 Å². The number of carbonyl (C=O) groups excluding carboxylic acids is 1. The van der Waals surface area contributed by atoms with E-state index in [1.54, 1.807) is 13.2 Å². The van der Waals surface area contributed by atoms with Crippen molar-refractivity contribution < 1.29 is 17.9 Å². The van der Waals surface area contributed by atoms with Gasteiger partial charge in [-0.2, -0.15) is 0 Å². The summed E-state index contributed by atoms with van der Waals surface area (Å²) in [5, 5.41) is 1.20. The van der Waals surface area contributed by atoms with Gasteiger partial charge in [-0.25, -0.2) is 13.1 Å². The maximum Gasteiger partial charge on any atom is 0.264 e. The smallest absolute Gasteiger partial charge is 0.264 e. The number of carbonyl (C=O) groups is 1. The Morgan fingerprint density at radius 3 is 2.62 bits per heavy atom. The van der Waals surface area contributed by atoms with E-state index >= 15 is 0 Å². The van der Waals surface area contributed by atoms with Gasteiger partial charge in [0.05, 0.1) is 18.6 Å². The molecule has 0 spiro atoms. The Hall–Kier alpha value is -2.80. The Kier molecular flexibility index (Phi) is 6.09. The van der Waals surface area contributed by atoms with Crippen molar-refractivity contribution in [1.29, 1.82) is 0 Å². The molecule has 6 nitrogen and oxygen atoms in total. The van der Waals surface area contributed by atoms with Crippen molar-refractivity contribution in [2.75, 3.05) is 12.9 Å². The zero-order valence-electron chi connectivity index (χ0n) is 21.9. The van der Waals surface area contributed by atoms with Crippen molar-refractivity contribution in [2.24, 2.45) is 11.8 Å². The van der Waals surface area contributed by atoms with E-state index in [1.807, 2.05) is 19.9 Å². The van der Waals surface area contributed by atoms with E-state index in [0.29, 0.717) is 23.3 Å². The second-order valence-electron chi connectivity index (χ2n) is 11.6. The molecule has 2 atom stereocenters. The molecule has 1 aromatic heterocycles. The Morgan fingerprint density at radius 1 is 1.11 bits per heavy atom. The Morgan fingerprint density at radius 2 is 1.89 bits per heavy atom. The number of rotatable bonds is 6. The van der Waals surface area contributed by atoms with Crippen LogP contribution >= 0.6 is 0 Å². The van der Waals surface area contributed by atoms with Gasteiger partial charge in [-0.05, 0) is 84.4 Å². The molecule has 2 aliphatic carbocycles. The molecule has 2 aromatic carbocycles. The number of hydrogen-bond donors (Lipinski definition) is 1. The Labute approximate surface area is 219 Å². The maximum atomic E-state index is 13.1. The van der Waals surface area contributed by atoms with Gasteiger partial charge in [0.2, 0.25) is 10.0 Å². The van der Waals surface area contributed by atoms with E-state index in [1.165, 1.54) is 59.9 Å². The van der Waals surface area contributed by atoms with Crippen LogP contribution in [0, 0.1) is 11.8 Å². The van der Waals surface area contributed by atoms with E-state index < -0.39 is 15.9 Å². The molecule has 6 rings (SSSR count). The van der Waals surface area contributed by atoms with Gasteiger partial charge >= 0.3 is 0 Å². The maximum absolute atomic E-state index is 13.1. The first-order valence-corrected chi connectivity index (χ1v) is 15.3. The minimum Gasteiger partial charge on any atom is -0.497 e. The van der Waals surface area contributed by atoms with Crippen molar-refractivity contribution in [3.63, 3.8) is 0 Å². The molecule has 37 heavy (non-hydrogen) atoms. The van der Waals surface area contributed by atoms with E-state index in [9.17, 15) is 13.2 Å². The summed E-state index contributed by atoms with van der Waals surface area (Å²) >= 11 is 0. The third-order valence-corrected chi connectivity index (χ3v) is 10.0. The second-order valence-corrected chi connectivity index (χ2v) is 13.4. The predicted molar refractivity (Wildman–Crippen MR) is 147 cm³/mol. The number of aromatic nitrogens is 1. The third-order valence-electron chi connectivity index (χ3n) is 8.43. The quantitative estimate of drug-likeness (QED) is 0.420. The molecule has 2 heterocycles. The summed E-state index contributed by atoms with van der Waals surface area (Å²) in [6.45, 7) is 4.57. The van der Waals surface area contributed by atoms with E-state index in [-0.39, 0.29) is 11.7 Å². The summed E-state index contributed by atoms with van der Waals surface area (Å²) in [4.78, 5) is 13.1. The molecule has 2 saturated carbocycles. The van der Waals surface area contributed by atoms with Gasteiger partial charge in [0.1, 0.15) is 5.75 Å². The first kappa shape index (κ1) is 24.5. The number of hydrogen-bond acceptors (Lipinski definition) is 4. The number of nitrogens with zero attached hydrogens (tertiary/aromatic N) is 1. The predicted octanol–water partition coefficient (Wildman–Crippen LogP) is 6.20. The lowest BCUT2D eigenvalue weighted by Gasteiger charge is -2.24. The zero-order chi connectivity index (χ0) is 25.9. The molecular formula is C30H36N2O4S. The molecule has 1 amide bonds. The van der Waals surface area contributed by atoms with Crippen LogP contribution in [-0.2, 0) is 16.6 Å². The number of sulfonamides is 1. The van der Waals surface area contributed by atoms with Crippen LogP contribution in [0.4, 0.5) is 0 Å². The summed E-state index contributed by atoms with van der Waals surface area (Å²) in [5.74, 6) is 1.80. The lowest BCUT2D eigenvalue weighted by atomic mass is 9.81. The van der Waals surface area contributed by atoms with Crippen LogP contribution in [0.25, 0.3) is 22.2 Å². The standard InChI is InChI=1S/C30H36N2O4S/c1-18(2)17-37(34,35)31-30(33)20-9-11-24-27(14-20)32-16-21-13-25(21)26-15-22(36-3)10-12-23(26)29(32)28(24)19-7-5-4-6-8-19/h9-12,14-15,18-19,21,25H,4-8,13,16-17H2,1-3H3,(H,31,33). The summed E-state index contributed by atoms with van der Waals surface area (Å²) in [6, 6.07) is 12.3. The van der Waals surface area contributed by atoms with Crippen LogP contribution < -0.4 is 9.46 Å². The number of fused-ring (bicyclic) bond motifs is 7. The van der Waals surface area contributed by atoms with Gasteiger partial charge in [0.15, 0.2) is 0 Å². The first-order chi connectivity index (χ1) is 17.8.